The molecular formula is C16H27ClN4O5S. The number of sulfonamides is 1. The van der Waals surface area contributed by atoms with E-state index in [1.54, 1.807) is 18.7 Å². The van der Waals surface area contributed by atoms with Crippen LogP contribution in [0.3, 0.4) is 0 Å². The van der Waals surface area contributed by atoms with Gasteiger partial charge in [0, 0.05) is 45.2 Å². The largest absolute Gasteiger partial charge is 0.378 e. The summed E-state index contributed by atoms with van der Waals surface area (Å²) in [6, 6.07) is 0.0293. The SMILES string of the molecule is Cc1noc(C)c1S(=O)(=O)N1CCCN(C(=O)CC2COCCN2)CC1.Cl. The molecule has 0 aliphatic carbocycles. The van der Waals surface area contributed by atoms with Gasteiger partial charge in [0.25, 0.3) is 0 Å². The van der Waals surface area contributed by atoms with Crippen LogP contribution in [0.2, 0.25) is 0 Å². The number of aromatic nitrogens is 1. The van der Waals surface area contributed by atoms with Gasteiger partial charge >= 0.3 is 0 Å². The predicted molar refractivity (Wildman–Crippen MR) is 100 cm³/mol. The fourth-order valence-corrected chi connectivity index (χ4v) is 5.21. The fourth-order valence-electron chi connectivity index (χ4n) is 3.45. The van der Waals surface area contributed by atoms with Crippen LogP contribution in [0.25, 0.3) is 0 Å². The average molecular weight is 423 g/mol. The minimum atomic E-state index is -3.67. The lowest BCUT2D eigenvalue weighted by atomic mass is 10.1. The van der Waals surface area contributed by atoms with Crippen molar-refractivity contribution >= 4 is 28.3 Å². The molecule has 1 aromatic rings. The van der Waals surface area contributed by atoms with E-state index in [2.05, 4.69) is 10.5 Å². The molecule has 3 rings (SSSR count). The highest BCUT2D eigenvalue weighted by Crippen LogP contribution is 2.24. The molecule has 1 aromatic heterocycles. The van der Waals surface area contributed by atoms with Crippen molar-refractivity contribution in [3.8, 4) is 0 Å². The van der Waals surface area contributed by atoms with E-state index in [0.29, 0.717) is 57.1 Å². The molecule has 0 radical (unpaired) electrons. The molecule has 11 heteroatoms. The van der Waals surface area contributed by atoms with E-state index in [1.165, 1.54) is 4.31 Å². The first-order chi connectivity index (χ1) is 12.4. The summed E-state index contributed by atoms with van der Waals surface area (Å²) < 4.78 is 37.7. The van der Waals surface area contributed by atoms with Crippen LogP contribution >= 0.6 is 12.4 Å². The summed E-state index contributed by atoms with van der Waals surface area (Å²) in [7, 11) is -3.67. The van der Waals surface area contributed by atoms with E-state index >= 15 is 0 Å². The topological polar surface area (TPSA) is 105 Å². The third kappa shape index (κ3) is 5.00. The van der Waals surface area contributed by atoms with Crippen LogP contribution in [-0.4, -0.2) is 80.7 Å². The Morgan fingerprint density at radius 2 is 2.04 bits per heavy atom. The van der Waals surface area contributed by atoms with Crippen LogP contribution in [0.5, 0.6) is 0 Å². The Balaban J connectivity index is 0.00000261. The number of carbonyl (C=O) groups excluding carboxylic acids is 1. The molecule has 0 aromatic carbocycles. The van der Waals surface area contributed by atoms with Gasteiger partial charge in [-0.1, -0.05) is 5.16 Å². The molecule has 2 fully saturated rings. The number of ether oxygens (including phenoxy) is 1. The fraction of sp³-hybridized carbons (Fsp3) is 0.750. The summed E-state index contributed by atoms with van der Waals surface area (Å²) in [5.41, 5.74) is 0.364. The van der Waals surface area contributed by atoms with Crippen LogP contribution in [-0.2, 0) is 19.6 Å². The molecule has 2 saturated heterocycles. The van der Waals surface area contributed by atoms with Gasteiger partial charge in [-0.25, -0.2) is 8.42 Å². The van der Waals surface area contributed by atoms with Crippen molar-refractivity contribution in [1.82, 2.24) is 19.7 Å². The summed E-state index contributed by atoms with van der Waals surface area (Å²) in [6.45, 7) is 6.76. The number of hydrogen-bond donors (Lipinski definition) is 1. The number of rotatable bonds is 4. The zero-order chi connectivity index (χ0) is 18.7. The lowest BCUT2D eigenvalue weighted by Gasteiger charge is -2.27. The van der Waals surface area contributed by atoms with Crippen molar-refractivity contribution < 1.29 is 22.5 Å². The van der Waals surface area contributed by atoms with Crippen molar-refractivity contribution in [2.24, 2.45) is 0 Å². The average Bonchev–Trinajstić information content (AvgIpc) is 2.82. The lowest BCUT2D eigenvalue weighted by Crippen LogP contribution is -2.45. The zero-order valence-corrected chi connectivity index (χ0v) is 17.3. The highest BCUT2D eigenvalue weighted by Gasteiger charge is 2.33. The summed E-state index contributed by atoms with van der Waals surface area (Å²) >= 11 is 0. The first-order valence-electron chi connectivity index (χ1n) is 8.91. The summed E-state index contributed by atoms with van der Waals surface area (Å²) in [4.78, 5) is 14.4. The first kappa shape index (κ1) is 22.1. The van der Waals surface area contributed by atoms with Gasteiger partial charge in [0.15, 0.2) is 5.76 Å². The quantitative estimate of drug-likeness (QED) is 0.744. The number of aryl methyl sites for hydroxylation is 2. The number of nitrogens with zero attached hydrogens (tertiary/aromatic N) is 3. The van der Waals surface area contributed by atoms with E-state index in [9.17, 15) is 13.2 Å². The highest BCUT2D eigenvalue weighted by molar-refractivity contribution is 7.89. The summed E-state index contributed by atoms with van der Waals surface area (Å²) in [5.74, 6) is 0.327. The summed E-state index contributed by atoms with van der Waals surface area (Å²) in [6.07, 6.45) is 0.972. The molecule has 0 bridgehead atoms. The third-order valence-electron chi connectivity index (χ3n) is 4.79. The molecule has 0 spiro atoms. The Kier molecular flexibility index (Phi) is 7.64. The van der Waals surface area contributed by atoms with Gasteiger partial charge in [0.05, 0.1) is 13.2 Å². The second kappa shape index (κ2) is 9.33. The number of hydrogen-bond acceptors (Lipinski definition) is 7. The van der Waals surface area contributed by atoms with E-state index in [1.807, 2.05) is 0 Å². The number of morpholine rings is 1. The van der Waals surface area contributed by atoms with Gasteiger partial charge in [0.1, 0.15) is 10.6 Å². The Morgan fingerprint density at radius 3 is 2.67 bits per heavy atom. The highest BCUT2D eigenvalue weighted by atomic mass is 35.5. The van der Waals surface area contributed by atoms with Gasteiger partial charge in [-0.05, 0) is 20.3 Å². The normalized spacial score (nSPS) is 22.1. The van der Waals surface area contributed by atoms with Gasteiger partial charge in [-0.2, -0.15) is 4.31 Å². The maximum atomic E-state index is 12.9. The van der Waals surface area contributed by atoms with Gasteiger partial charge in [-0.3, -0.25) is 4.79 Å². The van der Waals surface area contributed by atoms with Crippen LogP contribution in [0.4, 0.5) is 0 Å². The number of nitrogens with one attached hydrogen (secondary N) is 1. The van der Waals surface area contributed by atoms with E-state index < -0.39 is 10.0 Å². The van der Waals surface area contributed by atoms with Crippen LogP contribution in [0.1, 0.15) is 24.3 Å². The van der Waals surface area contributed by atoms with Crippen LogP contribution < -0.4 is 5.32 Å². The molecule has 2 aliphatic rings. The van der Waals surface area contributed by atoms with Gasteiger partial charge in [0.2, 0.25) is 15.9 Å². The second-order valence-corrected chi connectivity index (χ2v) is 8.60. The molecule has 1 N–H and O–H groups in total. The monoisotopic (exact) mass is 422 g/mol. The van der Waals surface area contributed by atoms with Crippen molar-refractivity contribution in [2.75, 3.05) is 45.9 Å². The Morgan fingerprint density at radius 1 is 1.26 bits per heavy atom. The predicted octanol–water partition coefficient (Wildman–Crippen LogP) is 0.315. The number of halogens is 1. The van der Waals surface area contributed by atoms with E-state index in [0.717, 1.165) is 6.54 Å². The second-order valence-electron chi connectivity index (χ2n) is 6.72. The molecule has 154 valence electrons. The van der Waals surface area contributed by atoms with E-state index in [4.69, 9.17) is 9.26 Å². The molecule has 9 nitrogen and oxygen atoms in total. The Labute approximate surface area is 165 Å². The summed E-state index contributed by atoms with van der Waals surface area (Å²) in [5, 5.41) is 7.02. The molecule has 1 amide bonds. The first-order valence-corrected chi connectivity index (χ1v) is 10.4. The van der Waals surface area contributed by atoms with Gasteiger partial charge in [-0.15, -0.1) is 12.4 Å². The van der Waals surface area contributed by atoms with Crippen molar-refractivity contribution in [2.45, 2.75) is 37.6 Å². The molecule has 27 heavy (non-hydrogen) atoms. The maximum Gasteiger partial charge on any atom is 0.248 e. The molecule has 1 unspecified atom stereocenters. The minimum Gasteiger partial charge on any atom is -0.378 e. The van der Waals surface area contributed by atoms with Crippen molar-refractivity contribution in [1.29, 1.82) is 0 Å². The lowest BCUT2D eigenvalue weighted by molar-refractivity contribution is -0.132. The third-order valence-corrected chi connectivity index (χ3v) is 6.94. The zero-order valence-electron chi connectivity index (χ0n) is 15.6. The van der Waals surface area contributed by atoms with Crippen molar-refractivity contribution in [3.63, 3.8) is 0 Å². The Bertz CT molecular complexity index is 728. The van der Waals surface area contributed by atoms with Gasteiger partial charge < -0.3 is 19.5 Å². The number of amides is 1. The van der Waals surface area contributed by atoms with Crippen LogP contribution in [0, 0.1) is 13.8 Å². The minimum absolute atomic E-state index is 0. The van der Waals surface area contributed by atoms with Crippen molar-refractivity contribution in [3.05, 3.63) is 11.5 Å². The standard InChI is InChI=1S/C16H26N4O5S.ClH/c1-12-16(13(2)25-18-12)26(22,23)20-6-3-5-19(7-8-20)15(21)10-14-11-24-9-4-17-14;/h14,17H,3-11H2,1-2H3;1H. The number of carbonyl (C=O) groups is 1. The molecule has 1 atom stereocenters. The van der Waals surface area contributed by atoms with Crippen LogP contribution in [0.15, 0.2) is 9.42 Å². The molecular weight excluding hydrogens is 396 g/mol. The molecule has 0 saturated carbocycles. The molecule has 2 aliphatic heterocycles. The van der Waals surface area contributed by atoms with E-state index in [-0.39, 0.29) is 35.8 Å². The Hall–Kier alpha value is -1.20. The smallest absolute Gasteiger partial charge is 0.248 e. The molecule has 3 heterocycles. The maximum absolute atomic E-state index is 12.9.